The second-order valence-corrected chi connectivity index (χ2v) is 15.2. The molecule has 0 fully saturated rings. The number of benzene rings is 2. The summed E-state index contributed by atoms with van der Waals surface area (Å²) in [6.45, 7) is 22.2. The standard InChI is InChI=1S/2C18H19.2C2H4.2ClH.2Zr/c2*1-12-11-17(18(3,4)13(12)2)16-10-9-14-7-5-6-8-15(14)16;2*1-2;;;;/h2*5-10,16H,1-4H3;2*1H,2H3;2*1H;;/q2*-1;;;;;2*+2/p-2. The summed E-state index contributed by atoms with van der Waals surface area (Å²) in [7, 11) is 0. The number of fused-ring (bicyclic) bond motifs is 2. The molecule has 2 atom stereocenters. The summed E-state index contributed by atoms with van der Waals surface area (Å²) in [5.41, 5.74) is 14.2. The predicted octanol–water partition coefficient (Wildman–Crippen LogP) is 4.52. The molecule has 6 rings (SSSR count). The van der Waals surface area contributed by atoms with Crippen LogP contribution in [0.2, 0.25) is 0 Å². The molecule has 0 heterocycles. The second kappa shape index (κ2) is 17.8. The van der Waals surface area contributed by atoms with E-state index in [1.165, 1.54) is 104 Å². The van der Waals surface area contributed by atoms with Crippen LogP contribution in [0.25, 0.3) is 12.2 Å². The fourth-order valence-electron chi connectivity index (χ4n) is 6.18. The van der Waals surface area contributed by atoms with Crippen molar-refractivity contribution in [2.45, 2.75) is 81.1 Å². The molecule has 2 aromatic carbocycles. The Morgan fingerprint density at radius 3 is 1.16 bits per heavy atom. The molecule has 4 heteroatoms. The summed E-state index contributed by atoms with van der Waals surface area (Å²) in [6.07, 6.45) is 16.4. The summed E-state index contributed by atoms with van der Waals surface area (Å²) in [6, 6.07) is 17.4. The zero-order valence-electron chi connectivity index (χ0n) is 28.0. The molecule has 4 aliphatic rings. The van der Waals surface area contributed by atoms with Gasteiger partial charge < -0.3 is 24.8 Å². The number of rotatable bonds is 2. The minimum Gasteiger partial charge on any atom is -1.00 e. The molecule has 0 aromatic heterocycles. The predicted molar refractivity (Wildman–Crippen MR) is 178 cm³/mol. The Hall–Kier alpha value is -1.03. The smallest absolute Gasteiger partial charge is 1.00 e. The molecule has 0 saturated carbocycles. The van der Waals surface area contributed by atoms with Crippen LogP contribution >= 0.6 is 0 Å². The van der Waals surface area contributed by atoms with Crippen LogP contribution in [0.3, 0.4) is 0 Å². The van der Waals surface area contributed by atoms with Crippen LogP contribution in [-0.4, -0.2) is 7.42 Å². The van der Waals surface area contributed by atoms with Crippen molar-refractivity contribution in [3.63, 3.8) is 0 Å². The monoisotopic (exact) mass is 776 g/mol. The molecule has 228 valence electrons. The van der Waals surface area contributed by atoms with Gasteiger partial charge in [0.25, 0.3) is 0 Å². The third kappa shape index (κ3) is 8.65. The van der Waals surface area contributed by atoms with Crippen LogP contribution in [0.1, 0.15) is 103 Å². The average molecular weight is 780 g/mol. The maximum Gasteiger partial charge on any atom is -1.00 e. The van der Waals surface area contributed by atoms with Gasteiger partial charge in [0.2, 0.25) is 0 Å². The maximum atomic E-state index is 3.62. The summed E-state index contributed by atoms with van der Waals surface area (Å²) in [4.78, 5) is 0. The van der Waals surface area contributed by atoms with Gasteiger partial charge in [-0.1, -0.05) is 125 Å². The van der Waals surface area contributed by atoms with Gasteiger partial charge in [0, 0.05) is 11.8 Å². The molecule has 44 heavy (non-hydrogen) atoms. The average Bonchev–Trinajstić information content (AvgIpc) is 3.67. The molecule has 0 N–H and O–H groups in total. The van der Waals surface area contributed by atoms with E-state index in [1.54, 1.807) is 0 Å². The van der Waals surface area contributed by atoms with Crippen molar-refractivity contribution in [2.75, 3.05) is 0 Å². The van der Waals surface area contributed by atoms with E-state index < -0.39 is 0 Å². The third-order valence-electron chi connectivity index (χ3n) is 9.21. The quantitative estimate of drug-likeness (QED) is 0.394. The van der Waals surface area contributed by atoms with Crippen LogP contribution in [0, 0.1) is 23.0 Å². The zero-order chi connectivity index (χ0) is 31.2. The maximum absolute atomic E-state index is 3.62. The normalized spacial score (nSPS) is 20.7. The largest absolute Gasteiger partial charge is 1.00 e. The van der Waals surface area contributed by atoms with Gasteiger partial charge in [-0.05, 0) is 22.3 Å². The number of hydrogen-bond donors (Lipinski definition) is 0. The Bertz CT molecular complexity index is 1410. The molecule has 4 aliphatic carbocycles. The van der Waals surface area contributed by atoms with Gasteiger partial charge in [-0.2, -0.15) is 11.1 Å². The van der Waals surface area contributed by atoms with Crippen molar-refractivity contribution in [1.82, 2.24) is 0 Å². The van der Waals surface area contributed by atoms with Gasteiger partial charge in [0.1, 0.15) is 0 Å². The van der Waals surface area contributed by atoms with Gasteiger partial charge in [-0.15, -0.1) is 13.8 Å². The number of halogens is 2. The first-order chi connectivity index (χ1) is 19.9. The molecular formula is C40H46Cl2Zr2. The van der Waals surface area contributed by atoms with Gasteiger partial charge >= 0.3 is 69.7 Å². The van der Waals surface area contributed by atoms with Crippen LogP contribution < -0.4 is 24.8 Å². The molecule has 0 aliphatic heterocycles. The van der Waals surface area contributed by atoms with E-state index in [0.29, 0.717) is 11.8 Å². The van der Waals surface area contributed by atoms with E-state index in [1.807, 2.05) is 13.8 Å². The molecule has 0 amide bonds. The van der Waals surface area contributed by atoms with Gasteiger partial charge in [-0.3, -0.25) is 0 Å². The molecule has 0 bridgehead atoms. The molecule has 0 spiro atoms. The van der Waals surface area contributed by atoms with Gasteiger partial charge in [-0.25, -0.2) is 34.4 Å². The first kappa shape index (κ1) is 41.0. The molecule has 0 nitrogen and oxygen atoms in total. The van der Waals surface area contributed by atoms with E-state index >= 15 is 0 Å². The van der Waals surface area contributed by atoms with E-state index in [4.69, 9.17) is 0 Å². The first-order valence-corrected chi connectivity index (χ1v) is 17.8. The molecule has 0 radical (unpaired) electrons. The van der Waals surface area contributed by atoms with Crippen LogP contribution in [0.4, 0.5) is 0 Å². The van der Waals surface area contributed by atoms with E-state index in [-0.39, 0.29) is 35.6 Å². The van der Waals surface area contributed by atoms with Crippen molar-refractivity contribution in [2.24, 2.45) is 10.8 Å². The summed E-state index contributed by atoms with van der Waals surface area (Å²) in [5, 5.41) is 0. The van der Waals surface area contributed by atoms with Crippen molar-refractivity contribution < 1.29 is 73.3 Å². The van der Waals surface area contributed by atoms with Crippen molar-refractivity contribution >= 4 is 19.6 Å². The molecule has 0 saturated heterocycles. The Kier molecular flexibility index (Phi) is 16.5. The molecule has 2 aromatic rings. The summed E-state index contributed by atoms with van der Waals surface area (Å²) < 4.78 is 4.18. The Morgan fingerprint density at radius 2 is 0.886 bits per heavy atom. The second-order valence-electron chi connectivity index (χ2n) is 12.3. The fourth-order valence-corrected chi connectivity index (χ4v) is 6.18. The van der Waals surface area contributed by atoms with Crippen LogP contribution in [-0.2, 0) is 48.5 Å². The van der Waals surface area contributed by atoms with Crippen molar-refractivity contribution in [3.8, 4) is 0 Å². The molecule has 2 unspecified atom stereocenters. The van der Waals surface area contributed by atoms with Crippen molar-refractivity contribution in [1.29, 1.82) is 0 Å². The minimum atomic E-state index is 0. The summed E-state index contributed by atoms with van der Waals surface area (Å²) >= 11 is 3.02. The van der Waals surface area contributed by atoms with E-state index in [2.05, 4.69) is 148 Å². The molecular weight excluding hydrogens is 734 g/mol. The first-order valence-electron chi connectivity index (χ1n) is 15.0. The minimum absolute atomic E-state index is 0. The van der Waals surface area contributed by atoms with Crippen LogP contribution in [0.5, 0.6) is 0 Å². The third-order valence-corrected chi connectivity index (χ3v) is 9.21. The topological polar surface area (TPSA) is 0 Å². The van der Waals surface area contributed by atoms with Crippen LogP contribution in [0.15, 0.2) is 94.1 Å². The van der Waals surface area contributed by atoms with Crippen molar-refractivity contribution in [3.05, 3.63) is 129 Å². The number of allylic oxidation sites excluding steroid dienone is 10. The Labute approximate surface area is 310 Å². The van der Waals surface area contributed by atoms with Gasteiger partial charge in [0.05, 0.1) is 0 Å². The van der Waals surface area contributed by atoms with Gasteiger partial charge in [0.15, 0.2) is 0 Å². The SMILES string of the molecule is CC1=C(C)C(C)(C)C(C2C=Cc3ccccc32)=[C-]1.CC1=C(C)C(C)(C)C(C2C=Cc3ccccc32)=[C-]1.C[CH]=[Zr+2].C[CH]=[Zr+2].[Cl-].[Cl-]. The zero-order valence-corrected chi connectivity index (χ0v) is 34.4. The Balaban J connectivity index is 0.000000360. The van der Waals surface area contributed by atoms with E-state index in [0.717, 1.165) is 0 Å². The summed E-state index contributed by atoms with van der Waals surface area (Å²) in [5.74, 6) is 0.812. The number of hydrogen-bond acceptors (Lipinski definition) is 0. The van der Waals surface area contributed by atoms with E-state index in [9.17, 15) is 0 Å². The Morgan fingerprint density at radius 1 is 0.591 bits per heavy atom. The fraction of sp³-hybridized carbons (Fsp3) is 0.350.